The fourth-order valence-electron chi connectivity index (χ4n) is 1.24. The highest BCUT2D eigenvalue weighted by molar-refractivity contribution is 5.20. The Labute approximate surface area is 86.3 Å². The van der Waals surface area contributed by atoms with Gasteiger partial charge in [-0.3, -0.25) is 0 Å². The average Bonchev–Trinajstić information content (AvgIpc) is 2.14. The summed E-state index contributed by atoms with van der Waals surface area (Å²) in [6.07, 6.45) is 4.07. The molecular weight excluding hydrogens is 174 g/mol. The number of aromatic nitrogens is 1. The van der Waals surface area contributed by atoms with E-state index in [4.69, 9.17) is 4.74 Å². The predicted molar refractivity (Wildman–Crippen MR) is 58.6 cm³/mol. The summed E-state index contributed by atoms with van der Waals surface area (Å²) in [7, 11) is 1.65. The lowest BCUT2D eigenvalue weighted by Crippen LogP contribution is -2.06. The van der Waals surface area contributed by atoms with E-state index >= 15 is 0 Å². The number of hydrogen-bond acceptors (Lipinski definition) is 2. The van der Waals surface area contributed by atoms with Gasteiger partial charge in [-0.1, -0.05) is 20.8 Å². The number of rotatable bonds is 3. The lowest BCUT2D eigenvalue weighted by Gasteiger charge is -2.17. The first-order valence-corrected chi connectivity index (χ1v) is 5.00. The van der Waals surface area contributed by atoms with Crippen LogP contribution in [0.15, 0.2) is 18.3 Å². The molecule has 1 rings (SSSR count). The lowest BCUT2D eigenvalue weighted by molar-refractivity contribution is 0.375. The van der Waals surface area contributed by atoms with Gasteiger partial charge in [0.15, 0.2) is 0 Å². The summed E-state index contributed by atoms with van der Waals surface area (Å²) in [5.74, 6) is 0.705. The van der Waals surface area contributed by atoms with Crippen molar-refractivity contribution in [1.29, 1.82) is 0 Å². The molecule has 0 saturated heterocycles. The largest absolute Gasteiger partial charge is 0.481 e. The van der Waals surface area contributed by atoms with E-state index in [2.05, 4.69) is 25.8 Å². The molecule has 0 aliphatic heterocycles. The summed E-state index contributed by atoms with van der Waals surface area (Å²) >= 11 is 0. The van der Waals surface area contributed by atoms with Crippen LogP contribution in [0.1, 0.15) is 32.8 Å². The van der Waals surface area contributed by atoms with Gasteiger partial charge in [-0.25, -0.2) is 4.98 Å². The Morgan fingerprint density at radius 3 is 2.64 bits per heavy atom. The maximum absolute atomic E-state index is 5.08. The van der Waals surface area contributed by atoms with Crippen molar-refractivity contribution in [2.45, 2.75) is 33.6 Å². The number of pyridine rings is 1. The van der Waals surface area contributed by atoms with Gasteiger partial charge in [-0.2, -0.15) is 0 Å². The van der Waals surface area contributed by atoms with Crippen molar-refractivity contribution in [2.75, 3.05) is 7.11 Å². The normalized spacial score (nSPS) is 11.4. The molecule has 0 radical (unpaired) electrons. The molecule has 0 saturated carbocycles. The molecule has 0 fully saturated rings. The van der Waals surface area contributed by atoms with Crippen molar-refractivity contribution in [3.8, 4) is 5.88 Å². The van der Waals surface area contributed by atoms with Gasteiger partial charge in [0.1, 0.15) is 0 Å². The second kappa shape index (κ2) is 4.45. The summed E-state index contributed by atoms with van der Waals surface area (Å²) in [5.41, 5.74) is 1.68. The van der Waals surface area contributed by atoms with E-state index in [1.807, 2.05) is 12.1 Å². The van der Waals surface area contributed by atoms with Gasteiger partial charge in [0.2, 0.25) is 5.88 Å². The third-order valence-electron chi connectivity index (χ3n) is 2.17. The van der Waals surface area contributed by atoms with E-state index < -0.39 is 0 Å². The molecule has 0 atom stereocenters. The molecule has 0 amide bonds. The summed E-state index contributed by atoms with van der Waals surface area (Å²) in [6, 6.07) is 4.06. The van der Waals surface area contributed by atoms with Gasteiger partial charge in [-0.05, 0) is 29.9 Å². The van der Waals surface area contributed by atoms with Crippen molar-refractivity contribution in [2.24, 2.45) is 5.41 Å². The van der Waals surface area contributed by atoms with Crippen LogP contribution < -0.4 is 4.74 Å². The van der Waals surface area contributed by atoms with Crippen LogP contribution in [-0.2, 0) is 6.42 Å². The van der Waals surface area contributed by atoms with Crippen molar-refractivity contribution in [1.82, 2.24) is 4.98 Å². The maximum Gasteiger partial charge on any atom is 0.213 e. The molecule has 0 N–H and O–H groups in total. The molecule has 0 aromatic carbocycles. The lowest BCUT2D eigenvalue weighted by atomic mass is 9.89. The minimum atomic E-state index is 0.385. The van der Waals surface area contributed by atoms with E-state index in [9.17, 15) is 0 Å². The molecule has 2 nitrogen and oxygen atoms in total. The Morgan fingerprint density at radius 2 is 2.07 bits per heavy atom. The van der Waals surface area contributed by atoms with E-state index in [0.717, 1.165) is 6.42 Å². The molecule has 1 heterocycles. The van der Waals surface area contributed by atoms with E-state index in [1.54, 1.807) is 13.3 Å². The minimum absolute atomic E-state index is 0.385. The molecule has 2 heteroatoms. The third kappa shape index (κ3) is 3.77. The topological polar surface area (TPSA) is 22.1 Å². The summed E-state index contributed by atoms with van der Waals surface area (Å²) in [4.78, 5) is 4.08. The van der Waals surface area contributed by atoms with Gasteiger partial charge in [0, 0.05) is 12.3 Å². The van der Waals surface area contributed by atoms with Gasteiger partial charge in [0.25, 0.3) is 0 Å². The second-order valence-corrected chi connectivity index (χ2v) is 4.77. The van der Waals surface area contributed by atoms with Crippen molar-refractivity contribution >= 4 is 0 Å². The van der Waals surface area contributed by atoms with Crippen LogP contribution in [0.5, 0.6) is 5.88 Å². The Bertz CT molecular complexity index is 289. The van der Waals surface area contributed by atoms with Crippen LogP contribution in [0.3, 0.4) is 0 Å². The average molecular weight is 193 g/mol. The van der Waals surface area contributed by atoms with Gasteiger partial charge in [-0.15, -0.1) is 0 Å². The Kier molecular flexibility index (Phi) is 3.50. The number of aryl methyl sites for hydroxylation is 1. The minimum Gasteiger partial charge on any atom is -0.481 e. The fraction of sp³-hybridized carbons (Fsp3) is 0.583. The maximum atomic E-state index is 5.08. The standard InChI is InChI=1S/C12H19NO/c1-12(2,3)7-5-10-6-8-13-11(9-10)14-4/h6,8-9H,5,7H2,1-4H3. The number of nitrogens with zero attached hydrogens (tertiary/aromatic N) is 1. The SMILES string of the molecule is COc1cc(CCC(C)(C)C)ccn1. The smallest absolute Gasteiger partial charge is 0.213 e. The molecule has 0 spiro atoms. The van der Waals surface area contributed by atoms with Crippen LogP contribution in [0, 0.1) is 5.41 Å². The number of hydrogen-bond donors (Lipinski definition) is 0. The predicted octanol–water partition coefficient (Wildman–Crippen LogP) is 3.07. The van der Waals surface area contributed by atoms with Gasteiger partial charge in [0.05, 0.1) is 7.11 Å². The highest BCUT2D eigenvalue weighted by Crippen LogP contribution is 2.22. The quantitative estimate of drug-likeness (QED) is 0.736. The first kappa shape index (κ1) is 11.0. The molecule has 1 aromatic rings. The van der Waals surface area contributed by atoms with Crippen LogP contribution in [-0.4, -0.2) is 12.1 Å². The van der Waals surface area contributed by atoms with Crippen LogP contribution >= 0.6 is 0 Å². The van der Waals surface area contributed by atoms with E-state index in [0.29, 0.717) is 11.3 Å². The van der Waals surface area contributed by atoms with Crippen molar-refractivity contribution in [3.05, 3.63) is 23.9 Å². The first-order chi connectivity index (χ1) is 6.51. The Balaban J connectivity index is 2.59. The van der Waals surface area contributed by atoms with Gasteiger partial charge < -0.3 is 4.74 Å². The summed E-state index contributed by atoms with van der Waals surface area (Å²) in [6.45, 7) is 6.77. The Hall–Kier alpha value is -1.05. The molecule has 0 unspecified atom stereocenters. The van der Waals surface area contributed by atoms with Crippen LogP contribution in [0.4, 0.5) is 0 Å². The number of ether oxygens (including phenoxy) is 1. The molecule has 0 aliphatic carbocycles. The van der Waals surface area contributed by atoms with Crippen molar-refractivity contribution in [3.63, 3.8) is 0 Å². The first-order valence-electron chi connectivity index (χ1n) is 5.00. The molecule has 0 bridgehead atoms. The monoisotopic (exact) mass is 193 g/mol. The molecular formula is C12H19NO. The summed E-state index contributed by atoms with van der Waals surface area (Å²) < 4.78 is 5.08. The third-order valence-corrected chi connectivity index (χ3v) is 2.17. The van der Waals surface area contributed by atoms with Gasteiger partial charge >= 0.3 is 0 Å². The second-order valence-electron chi connectivity index (χ2n) is 4.77. The molecule has 1 aromatic heterocycles. The van der Waals surface area contributed by atoms with E-state index in [-0.39, 0.29) is 0 Å². The molecule has 14 heavy (non-hydrogen) atoms. The van der Waals surface area contributed by atoms with Crippen molar-refractivity contribution < 1.29 is 4.74 Å². The van der Waals surface area contributed by atoms with Crippen LogP contribution in [0.25, 0.3) is 0 Å². The highest BCUT2D eigenvalue weighted by Gasteiger charge is 2.10. The fourth-order valence-corrected chi connectivity index (χ4v) is 1.24. The highest BCUT2D eigenvalue weighted by atomic mass is 16.5. The van der Waals surface area contributed by atoms with E-state index in [1.165, 1.54) is 12.0 Å². The molecule has 0 aliphatic rings. The zero-order valence-electron chi connectivity index (χ0n) is 9.50. The Morgan fingerprint density at radius 1 is 1.36 bits per heavy atom. The number of methoxy groups -OCH3 is 1. The zero-order valence-corrected chi connectivity index (χ0v) is 9.50. The zero-order chi connectivity index (χ0) is 10.6. The molecule has 78 valence electrons. The van der Waals surface area contributed by atoms with Crippen LogP contribution in [0.2, 0.25) is 0 Å². The summed E-state index contributed by atoms with van der Waals surface area (Å²) in [5, 5.41) is 0.